The Labute approximate surface area is 501 Å². The number of fused-ring (bicyclic) bond motifs is 7. The van der Waals surface area contributed by atoms with Crippen LogP contribution in [0, 0.1) is 23.9 Å². The molecule has 4 heterocycles. The maximum Gasteiger partial charge on any atom is 0.268 e. The second-order valence-electron chi connectivity index (χ2n) is 24.0. The summed E-state index contributed by atoms with van der Waals surface area (Å²) in [6, 6.07) is 54.9. The zero-order chi connectivity index (χ0) is 62.2. The molecule has 0 radical (unpaired) electrons. The van der Waals surface area contributed by atoms with Crippen molar-refractivity contribution in [1.29, 1.82) is 0 Å². The van der Waals surface area contributed by atoms with E-state index < -0.39 is 48.3 Å². The van der Waals surface area contributed by atoms with Gasteiger partial charge in [0.1, 0.15) is 5.82 Å². The third kappa shape index (κ3) is 9.47. The standard InChI is InChI=1S/C74H65N5O.Pt/c1-48(72(2,3)4)50-38-39-75-69(42-50)79-64-35-19-16-30-61(64)70-67(78-62-33-17-14-28-59(62)60-29-15-18-34-63(60)78)45-56(46-68(70)79)80-55-27-22-26-54(44-55)76-47-77(66-37-21-20-36-65(66)76)71-57(49-24-12-11-13-25-49)31-23-32-58(71)51-40-52(73(5,6)7)43-53(41-51)74(8,9)10;/h11-43,45,48H,1-10H3;/q-2;/i14D,15D,17D,18D,28D,29D,33D,34D;. The number of para-hydroxylation sites is 6. The Morgan fingerprint density at radius 1 is 0.556 bits per heavy atom. The zero-order valence-corrected chi connectivity index (χ0v) is 49.3. The van der Waals surface area contributed by atoms with Crippen molar-refractivity contribution in [3.05, 3.63) is 241 Å². The second kappa shape index (κ2) is 20.3. The van der Waals surface area contributed by atoms with Gasteiger partial charge in [-0.2, -0.15) is 12.1 Å². The number of ether oxygens (including phenoxy) is 1. The van der Waals surface area contributed by atoms with Crippen molar-refractivity contribution in [1.82, 2.24) is 18.7 Å². The quantitative estimate of drug-likeness (QED) is 0.107. The van der Waals surface area contributed by atoms with Gasteiger partial charge in [-0.1, -0.05) is 226 Å². The topological polar surface area (TPSA) is 40.8 Å². The van der Waals surface area contributed by atoms with Crippen LogP contribution < -0.4 is 9.30 Å². The maximum atomic E-state index is 9.55. The molecule has 81 heavy (non-hydrogen) atoms. The van der Waals surface area contributed by atoms with E-state index >= 15 is 0 Å². The number of pyridine rings is 1. The summed E-state index contributed by atoms with van der Waals surface area (Å²) in [4.78, 5) is 4.99. The Morgan fingerprint density at radius 3 is 1.85 bits per heavy atom. The third-order valence-corrected chi connectivity index (χ3v) is 15.8. The predicted octanol–water partition coefficient (Wildman–Crippen LogP) is 18.8. The van der Waals surface area contributed by atoms with Gasteiger partial charge >= 0.3 is 0 Å². The van der Waals surface area contributed by atoms with E-state index in [1.807, 2.05) is 69.8 Å². The van der Waals surface area contributed by atoms with Gasteiger partial charge < -0.3 is 18.4 Å². The van der Waals surface area contributed by atoms with Gasteiger partial charge in [-0.25, -0.2) is 4.98 Å². The fourth-order valence-corrected chi connectivity index (χ4v) is 11.1. The van der Waals surface area contributed by atoms with Crippen LogP contribution in [0.2, 0.25) is 0 Å². The van der Waals surface area contributed by atoms with Gasteiger partial charge in [0.15, 0.2) is 0 Å². The summed E-state index contributed by atoms with van der Waals surface area (Å²) in [6.45, 7) is 22.4. The number of hydrogen-bond donors (Lipinski definition) is 0. The van der Waals surface area contributed by atoms with E-state index in [4.69, 9.17) is 15.2 Å². The summed E-state index contributed by atoms with van der Waals surface area (Å²) < 4.78 is 88.1. The summed E-state index contributed by atoms with van der Waals surface area (Å²) in [7, 11) is 0. The average Bonchev–Trinajstić information content (AvgIpc) is 1.59. The zero-order valence-electron chi connectivity index (χ0n) is 55.0. The molecule has 0 amide bonds. The summed E-state index contributed by atoms with van der Waals surface area (Å²) in [6.07, 6.45) is 5.61. The first-order valence-corrected chi connectivity index (χ1v) is 27.3. The fourth-order valence-electron chi connectivity index (χ4n) is 11.1. The largest absolute Gasteiger partial charge is 0.510 e. The van der Waals surface area contributed by atoms with Crippen molar-refractivity contribution < 1.29 is 41.3 Å². The first-order valence-electron chi connectivity index (χ1n) is 31.3. The fraction of sp³-hybridized carbons (Fsp3) is 0.189. The molecule has 9 aromatic carbocycles. The second-order valence-corrected chi connectivity index (χ2v) is 24.0. The number of imidazole rings is 1. The van der Waals surface area contributed by atoms with E-state index in [2.05, 4.69) is 171 Å². The molecule has 13 aromatic rings. The van der Waals surface area contributed by atoms with Gasteiger partial charge in [-0.05, 0) is 108 Å². The molecule has 0 saturated carbocycles. The van der Waals surface area contributed by atoms with Gasteiger partial charge in [-0.15, -0.1) is 24.3 Å². The van der Waals surface area contributed by atoms with Crippen molar-refractivity contribution in [3.8, 4) is 56.6 Å². The minimum absolute atomic E-state index is 0. The normalized spacial score (nSPS) is 14.0. The Morgan fingerprint density at radius 2 is 1.17 bits per heavy atom. The van der Waals surface area contributed by atoms with Crippen LogP contribution in [0.25, 0.3) is 99.8 Å². The predicted molar refractivity (Wildman–Crippen MR) is 330 cm³/mol. The van der Waals surface area contributed by atoms with Crippen LogP contribution in [-0.4, -0.2) is 18.7 Å². The van der Waals surface area contributed by atoms with Crippen molar-refractivity contribution in [2.75, 3.05) is 0 Å². The number of aromatic nitrogens is 5. The van der Waals surface area contributed by atoms with Crippen molar-refractivity contribution in [2.24, 2.45) is 5.41 Å². The van der Waals surface area contributed by atoms with Crippen LogP contribution in [-0.2, 0) is 31.9 Å². The molecule has 1 unspecified atom stereocenters. The first-order chi connectivity index (χ1) is 41.8. The number of rotatable bonds is 9. The average molecular weight is 1240 g/mol. The van der Waals surface area contributed by atoms with Gasteiger partial charge in [0.05, 0.1) is 38.7 Å². The molecular formula is C74H65N5OPt-2. The summed E-state index contributed by atoms with van der Waals surface area (Å²) in [5.74, 6) is 1.21. The number of hydrogen-bond acceptors (Lipinski definition) is 2. The summed E-state index contributed by atoms with van der Waals surface area (Å²) in [5.41, 5.74) is 12.3. The Hall–Kier alpha value is -8.31. The first kappa shape index (κ1) is 44.4. The molecule has 0 aliphatic heterocycles. The Balaban J connectivity index is 0.00000769. The van der Waals surface area contributed by atoms with E-state index in [-0.39, 0.29) is 70.8 Å². The molecule has 0 aliphatic rings. The van der Waals surface area contributed by atoms with E-state index in [1.165, 1.54) is 11.1 Å². The molecule has 0 N–H and O–H groups in total. The van der Waals surface area contributed by atoms with Gasteiger partial charge in [-0.3, -0.25) is 4.57 Å². The molecule has 6 nitrogen and oxygen atoms in total. The molecule has 7 heteroatoms. The molecule has 0 spiro atoms. The molecule has 4 aromatic heterocycles. The van der Waals surface area contributed by atoms with Crippen LogP contribution in [0.4, 0.5) is 0 Å². The summed E-state index contributed by atoms with van der Waals surface area (Å²) in [5, 5.41) is 1.23. The molecular weight excluding hydrogens is 1170 g/mol. The van der Waals surface area contributed by atoms with Gasteiger partial charge in [0.25, 0.3) is 6.33 Å². The monoisotopic (exact) mass is 1240 g/mol. The van der Waals surface area contributed by atoms with Crippen LogP contribution in [0.1, 0.15) is 103 Å². The molecule has 0 saturated heterocycles. The van der Waals surface area contributed by atoms with Crippen molar-refractivity contribution >= 4 is 54.6 Å². The van der Waals surface area contributed by atoms with Crippen molar-refractivity contribution in [2.45, 2.75) is 86.0 Å². The maximum absolute atomic E-state index is 9.55. The molecule has 0 fully saturated rings. The summed E-state index contributed by atoms with van der Waals surface area (Å²) >= 11 is 0. The molecule has 13 rings (SSSR count). The molecule has 1 atom stereocenters. The van der Waals surface area contributed by atoms with Crippen LogP contribution >= 0.6 is 0 Å². The molecule has 404 valence electrons. The minimum Gasteiger partial charge on any atom is -0.510 e. The van der Waals surface area contributed by atoms with E-state index in [1.54, 1.807) is 22.9 Å². The van der Waals surface area contributed by atoms with Gasteiger partial charge in [0.2, 0.25) is 0 Å². The van der Waals surface area contributed by atoms with Crippen LogP contribution in [0.15, 0.2) is 206 Å². The molecule has 0 bridgehead atoms. The van der Waals surface area contributed by atoms with E-state index in [9.17, 15) is 5.48 Å². The van der Waals surface area contributed by atoms with Gasteiger partial charge in [0, 0.05) is 55.1 Å². The smallest absolute Gasteiger partial charge is 0.268 e. The Kier molecular flexibility index (Phi) is 11.2. The van der Waals surface area contributed by atoms with Crippen molar-refractivity contribution in [3.63, 3.8) is 0 Å². The SMILES string of the molecule is [2H]c1c([2H])c([2H])c2c(c1[2H])c1c([2H])c([2H])c([2H])c([2H])c1n2-c1cc(Oc2[c-]c(-n3[c-][n+](-c4c(-c5ccccc5)cccc4-c4cc(C(C)(C)C)cc(C(C)(C)C)c4)c4ccccc43)ccc2)[c-]c2c1c1ccccc1n2-c1cc(C(C)C(C)(C)C)ccn1.[Pt]. The number of nitrogens with zero attached hydrogens (tertiary/aromatic N) is 5. The molecule has 0 aliphatic carbocycles. The van der Waals surface area contributed by atoms with Crippen LogP contribution in [0.5, 0.6) is 11.5 Å². The van der Waals surface area contributed by atoms with Crippen LogP contribution in [0.3, 0.4) is 0 Å². The number of benzene rings is 9. The van der Waals surface area contributed by atoms with E-state index in [0.717, 1.165) is 55.4 Å². The van der Waals surface area contributed by atoms with E-state index in [0.29, 0.717) is 33.8 Å². The minimum atomic E-state index is -0.526. The Bertz CT molecular complexity index is 4920. The third-order valence-electron chi connectivity index (χ3n) is 15.8.